The molecule has 3 nitrogen and oxygen atoms in total. The minimum Gasteiger partial charge on any atom is -0.266 e. The van der Waals surface area contributed by atoms with Crippen LogP contribution in [0.4, 0.5) is 0 Å². The molecular formula is C15H17N3. The van der Waals surface area contributed by atoms with Crippen molar-refractivity contribution < 1.29 is 0 Å². The summed E-state index contributed by atoms with van der Waals surface area (Å²) in [7, 11) is 0. The Balaban J connectivity index is 2.25. The van der Waals surface area contributed by atoms with Gasteiger partial charge in [0.15, 0.2) is 0 Å². The number of nitrogens with zero attached hydrogens (tertiary/aromatic N) is 3. The van der Waals surface area contributed by atoms with Crippen LogP contribution in [-0.2, 0) is 6.54 Å². The summed E-state index contributed by atoms with van der Waals surface area (Å²) in [5.74, 6) is 0. The molecule has 1 aliphatic rings. The third-order valence-electron chi connectivity index (χ3n) is 3.74. The van der Waals surface area contributed by atoms with Gasteiger partial charge in [-0.15, -0.1) is 0 Å². The van der Waals surface area contributed by atoms with Gasteiger partial charge < -0.3 is 0 Å². The Morgan fingerprint density at radius 3 is 2.67 bits per heavy atom. The van der Waals surface area contributed by atoms with E-state index in [1.54, 1.807) is 0 Å². The van der Waals surface area contributed by atoms with E-state index in [1.165, 1.54) is 0 Å². The third-order valence-corrected chi connectivity index (χ3v) is 3.74. The second kappa shape index (κ2) is 5.21. The summed E-state index contributed by atoms with van der Waals surface area (Å²) in [6, 6.07) is 14.6. The monoisotopic (exact) mass is 239 g/mol. The van der Waals surface area contributed by atoms with E-state index in [4.69, 9.17) is 0 Å². The van der Waals surface area contributed by atoms with Gasteiger partial charge in [0, 0.05) is 6.54 Å². The smallest absolute Gasteiger partial charge is 0.107 e. The molecule has 0 bridgehead atoms. The van der Waals surface area contributed by atoms with Crippen molar-refractivity contribution in [3.8, 4) is 12.1 Å². The first-order valence-electron chi connectivity index (χ1n) is 6.31. The van der Waals surface area contributed by atoms with Crippen molar-refractivity contribution in [1.29, 1.82) is 10.5 Å². The first-order valence-corrected chi connectivity index (χ1v) is 6.31. The van der Waals surface area contributed by atoms with Gasteiger partial charge in [-0.05, 0) is 31.7 Å². The van der Waals surface area contributed by atoms with Gasteiger partial charge in [-0.25, -0.2) is 0 Å². The molecule has 1 aromatic rings. The summed E-state index contributed by atoms with van der Waals surface area (Å²) >= 11 is 0. The van der Waals surface area contributed by atoms with E-state index in [9.17, 15) is 10.5 Å². The zero-order valence-corrected chi connectivity index (χ0v) is 10.6. The quantitative estimate of drug-likeness (QED) is 0.797. The molecule has 0 amide bonds. The predicted molar refractivity (Wildman–Crippen MR) is 69.3 cm³/mol. The zero-order valence-electron chi connectivity index (χ0n) is 10.6. The molecule has 92 valence electrons. The van der Waals surface area contributed by atoms with Gasteiger partial charge in [-0.1, -0.05) is 30.3 Å². The van der Waals surface area contributed by atoms with Crippen LogP contribution in [0.15, 0.2) is 30.3 Å². The lowest BCUT2D eigenvalue weighted by atomic mass is 9.85. The first-order chi connectivity index (χ1) is 8.69. The molecule has 0 aliphatic carbocycles. The van der Waals surface area contributed by atoms with Crippen LogP contribution < -0.4 is 0 Å². The summed E-state index contributed by atoms with van der Waals surface area (Å²) in [5.41, 5.74) is 0.634. The molecular weight excluding hydrogens is 222 g/mol. The number of nitriles is 2. The number of rotatable bonds is 2. The predicted octanol–water partition coefficient (Wildman–Crippen LogP) is 2.85. The molecule has 1 aromatic carbocycles. The molecule has 1 heterocycles. The summed E-state index contributed by atoms with van der Waals surface area (Å²) < 4.78 is 0. The molecule has 0 N–H and O–H groups in total. The Bertz CT molecular complexity index is 483. The highest BCUT2D eigenvalue weighted by molar-refractivity contribution is 5.19. The van der Waals surface area contributed by atoms with E-state index in [0.29, 0.717) is 6.54 Å². The lowest BCUT2D eigenvalue weighted by Gasteiger charge is -2.43. The molecule has 18 heavy (non-hydrogen) atoms. The summed E-state index contributed by atoms with van der Waals surface area (Å²) in [4.78, 5) is 2.05. The maximum absolute atomic E-state index is 9.41. The van der Waals surface area contributed by atoms with Crippen LogP contribution in [-0.4, -0.2) is 16.5 Å². The van der Waals surface area contributed by atoms with Crippen molar-refractivity contribution in [1.82, 2.24) is 4.90 Å². The van der Waals surface area contributed by atoms with Crippen LogP contribution in [0.25, 0.3) is 0 Å². The second-order valence-corrected chi connectivity index (χ2v) is 5.04. The Morgan fingerprint density at radius 1 is 1.33 bits per heavy atom. The Morgan fingerprint density at radius 2 is 2.06 bits per heavy atom. The van der Waals surface area contributed by atoms with Crippen molar-refractivity contribution in [2.24, 2.45) is 0 Å². The Labute approximate surface area is 108 Å². The van der Waals surface area contributed by atoms with E-state index in [2.05, 4.69) is 12.1 Å². The van der Waals surface area contributed by atoms with E-state index in [1.807, 2.05) is 42.2 Å². The van der Waals surface area contributed by atoms with Crippen molar-refractivity contribution in [3.05, 3.63) is 35.9 Å². The van der Waals surface area contributed by atoms with Crippen LogP contribution >= 0.6 is 0 Å². The van der Waals surface area contributed by atoms with Crippen LogP contribution in [0.2, 0.25) is 0 Å². The normalized spacial score (nSPS) is 28.3. The summed E-state index contributed by atoms with van der Waals surface area (Å²) in [6.45, 7) is 2.61. The largest absolute Gasteiger partial charge is 0.266 e. The molecule has 2 atom stereocenters. The molecule has 0 radical (unpaired) electrons. The molecule has 0 spiro atoms. The lowest BCUT2D eigenvalue weighted by molar-refractivity contribution is 0.0661. The van der Waals surface area contributed by atoms with Gasteiger partial charge in [0.25, 0.3) is 0 Å². The van der Waals surface area contributed by atoms with Gasteiger partial charge in [-0.3, -0.25) is 4.90 Å². The van der Waals surface area contributed by atoms with Crippen molar-refractivity contribution >= 4 is 0 Å². The molecule has 0 aromatic heterocycles. The minimum atomic E-state index is -0.519. The average Bonchev–Trinajstić information content (AvgIpc) is 2.42. The molecule has 1 fully saturated rings. The molecule has 2 rings (SSSR count). The van der Waals surface area contributed by atoms with Crippen LogP contribution in [0.3, 0.4) is 0 Å². The van der Waals surface area contributed by atoms with Gasteiger partial charge in [0.1, 0.15) is 5.54 Å². The fraction of sp³-hybridized carbons (Fsp3) is 0.467. The van der Waals surface area contributed by atoms with E-state index in [-0.39, 0.29) is 6.04 Å². The maximum Gasteiger partial charge on any atom is 0.107 e. The number of benzene rings is 1. The van der Waals surface area contributed by atoms with E-state index in [0.717, 1.165) is 24.8 Å². The standard InChI is InChI=1S/C15H17N3/c1-15(12-17)9-5-8-14(10-16)18(15)11-13-6-3-2-4-7-13/h2-4,6-7,14H,5,8-9,11H2,1H3. The van der Waals surface area contributed by atoms with E-state index >= 15 is 0 Å². The Kier molecular flexibility index (Phi) is 3.65. The second-order valence-electron chi connectivity index (χ2n) is 5.04. The highest BCUT2D eigenvalue weighted by atomic mass is 15.2. The highest BCUT2D eigenvalue weighted by Crippen LogP contribution is 2.32. The third kappa shape index (κ3) is 2.37. The molecule has 1 aliphatic heterocycles. The van der Waals surface area contributed by atoms with Crippen molar-refractivity contribution in [3.63, 3.8) is 0 Å². The zero-order chi connectivity index (χ0) is 13.0. The fourth-order valence-electron chi connectivity index (χ4n) is 2.60. The topological polar surface area (TPSA) is 50.8 Å². The van der Waals surface area contributed by atoms with Crippen LogP contribution in [0, 0.1) is 22.7 Å². The molecule has 0 saturated carbocycles. The van der Waals surface area contributed by atoms with Gasteiger partial charge in [-0.2, -0.15) is 10.5 Å². The summed E-state index contributed by atoms with van der Waals surface area (Å²) in [5, 5.41) is 18.7. The number of hydrogen-bond acceptors (Lipinski definition) is 3. The Hall–Kier alpha value is -1.84. The molecule has 3 heteroatoms. The van der Waals surface area contributed by atoms with Gasteiger partial charge >= 0.3 is 0 Å². The highest BCUT2D eigenvalue weighted by Gasteiger charge is 2.40. The number of hydrogen-bond donors (Lipinski definition) is 0. The van der Waals surface area contributed by atoms with Crippen molar-refractivity contribution in [2.75, 3.05) is 0 Å². The molecule has 2 unspecified atom stereocenters. The van der Waals surface area contributed by atoms with Gasteiger partial charge in [0.2, 0.25) is 0 Å². The maximum atomic E-state index is 9.41. The van der Waals surface area contributed by atoms with Crippen LogP contribution in [0.1, 0.15) is 31.7 Å². The number of likely N-dealkylation sites (tertiary alicyclic amines) is 1. The van der Waals surface area contributed by atoms with Gasteiger partial charge in [0.05, 0.1) is 18.2 Å². The lowest BCUT2D eigenvalue weighted by Crippen LogP contribution is -2.53. The first kappa shape index (κ1) is 12.6. The van der Waals surface area contributed by atoms with Crippen LogP contribution in [0.5, 0.6) is 0 Å². The van der Waals surface area contributed by atoms with Crippen molar-refractivity contribution in [2.45, 2.75) is 44.3 Å². The minimum absolute atomic E-state index is 0.149. The fourth-order valence-corrected chi connectivity index (χ4v) is 2.60. The summed E-state index contributed by atoms with van der Waals surface area (Å²) in [6.07, 6.45) is 2.66. The SMILES string of the molecule is CC1(C#N)CCCC(C#N)N1Cc1ccccc1. The molecule has 1 saturated heterocycles. The average molecular weight is 239 g/mol. The number of piperidine rings is 1. The van der Waals surface area contributed by atoms with E-state index < -0.39 is 5.54 Å².